The highest BCUT2D eigenvalue weighted by molar-refractivity contribution is 7.90. The number of anilines is 1. The molecule has 31 heavy (non-hydrogen) atoms. The molecule has 4 rings (SSSR count). The van der Waals surface area contributed by atoms with Gasteiger partial charge in [0.2, 0.25) is 5.91 Å². The van der Waals surface area contributed by atoms with Gasteiger partial charge in [-0.25, -0.2) is 13.4 Å². The SMILES string of the molecule is O=C(CCN=C1NS(=O)(=O)c2ccccc21)Nc1ncccc1OCC1CCCCC1. The van der Waals surface area contributed by atoms with Gasteiger partial charge in [-0.2, -0.15) is 0 Å². The number of nitrogens with zero attached hydrogens (tertiary/aromatic N) is 2. The van der Waals surface area contributed by atoms with E-state index in [4.69, 9.17) is 4.74 Å². The van der Waals surface area contributed by atoms with Crippen LogP contribution in [0.2, 0.25) is 0 Å². The van der Waals surface area contributed by atoms with Gasteiger partial charge in [0, 0.05) is 18.2 Å². The maximum atomic E-state index is 12.4. The monoisotopic (exact) mass is 442 g/mol. The molecule has 1 aromatic heterocycles. The normalized spacial score (nSPS) is 18.9. The van der Waals surface area contributed by atoms with Gasteiger partial charge in [-0.15, -0.1) is 0 Å². The average Bonchev–Trinajstić information content (AvgIpc) is 3.04. The fraction of sp³-hybridized carbons (Fsp3) is 0.409. The number of hydrogen-bond donors (Lipinski definition) is 2. The fourth-order valence-electron chi connectivity index (χ4n) is 3.88. The van der Waals surface area contributed by atoms with E-state index in [1.54, 1.807) is 36.5 Å². The largest absolute Gasteiger partial charge is 0.489 e. The minimum atomic E-state index is -3.58. The Hall–Kier alpha value is -2.94. The van der Waals surface area contributed by atoms with Crippen molar-refractivity contribution in [3.63, 3.8) is 0 Å². The number of hydrogen-bond acceptors (Lipinski definition) is 6. The number of benzene rings is 1. The van der Waals surface area contributed by atoms with Crippen LogP contribution in [-0.4, -0.2) is 38.3 Å². The number of amidine groups is 1. The second kappa shape index (κ2) is 9.47. The van der Waals surface area contributed by atoms with Gasteiger partial charge in [-0.05, 0) is 43.0 Å². The molecule has 9 heteroatoms. The van der Waals surface area contributed by atoms with E-state index in [0.717, 1.165) is 0 Å². The zero-order chi connectivity index (χ0) is 21.7. The predicted molar refractivity (Wildman–Crippen MR) is 118 cm³/mol. The van der Waals surface area contributed by atoms with E-state index in [9.17, 15) is 13.2 Å². The van der Waals surface area contributed by atoms with E-state index in [1.807, 2.05) is 0 Å². The minimum Gasteiger partial charge on any atom is -0.489 e. The van der Waals surface area contributed by atoms with Crippen LogP contribution in [0.25, 0.3) is 0 Å². The second-order valence-electron chi connectivity index (χ2n) is 7.80. The molecule has 1 aliphatic carbocycles. The molecule has 164 valence electrons. The lowest BCUT2D eigenvalue weighted by molar-refractivity contribution is -0.116. The number of rotatable bonds is 7. The first-order chi connectivity index (χ1) is 15.0. The molecule has 1 aromatic carbocycles. The Bertz CT molecular complexity index is 1080. The fourth-order valence-corrected chi connectivity index (χ4v) is 5.13. The van der Waals surface area contributed by atoms with E-state index >= 15 is 0 Å². The lowest BCUT2D eigenvalue weighted by Crippen LogP contribution is -2.23. The lowest BCUT2D eigenvalue weighted by Gasteiger charge is -2.22. The van der Waals surface area contributed by atoms with Crippen molar-refractivity contribution in [1.29, 1.82) is 0 Å². The number of ether oxygens (including phenoxy) is 1. The number of amides is 1. The summed E-state index contributed by atoms with van der Waals surface area (Å²) < 4.78 is 32.6. The molecule has 1 fully saturated rings. The van der Waals surface area contributed by atoms with Crippen molar-refractivity contribution in [3.8, 4) is 5.75 Å². The molecule has 2 N–H and O–H groups in total. The third kappa shape index (κ3) is 5.22. The second-order valence-corrected chi connectivity index (χ2v) is 9.45. The molecule has 2 aromatic rings. The first-order valence-electron chi connectivity index (χ1n) is 10.6. The number of aliphatic imine (C=N–C) groups is 1. The molecule has 1 aliphatic heterocycles. The summed E-state index contributed by atoms with van der Waals surface area (Å²) in [4.78, 5) is 21.1. The topological polar surface area (TPSA) is 110 Å². The molecule has 0 unspecified atom stereocenters. The molecular formula is C22H26N4O4S. The number of aromatic nitrogens is 1. The summed E-state index contributed by atoms with van der Waals surface area (Å²) in [5, 5.41) is 2.78. The van der Waals surface area contributed by atoms with Gasteiger partial charge < -0.3 is 10.1 Å². The van der Waals surface area contributed by atoms with Crippen LogP contribution in [-0.2, 0) is 14.8 Å². The first-order valence-corrected chi connectivity index (χ1v) is 12.1. The molecule has 0 spiro atoms. The van der Waals surface area contributed by atoms with Crippen molar-refractivity contribution in [2.24, 2.45) is 10.9 Å². The van der Waals surface area contributed by atoms with Crippen LogP contribution in [0.3, 0.4) is 0 Å². The van der Waals surface area contributed by atoms with E-state index in [1.165, 1.54) is 38.2 Å². The molecule has 0 bridgehead atoms. The van der Waals surface area contributed by atoms with Gasteiger partial charge in [0.1, 0.15) is 5.84 Å². The van der Waals surface area contributed by atoms with E-state index < -0.39 is 10.0 Å². The van der Waals surface area contributed by atoms with Gasteiger partial charge in [-0.3, -0.25) is 14.5 Å². The smallest absolute Gasteiger partial charge is 0.263 e. The molecule has 1 amide bonds. The molecule has 8 nitrogen and oxygen atoms in total. The summed E-state index contributed by atoms with van der Waals surface area (Å²) in [6.45, 7) is 0.769. The van der Waals surface area contributed by atoms with Crippen molar-refractivity contribution >= 4 is 27.6 Å². The summed E-state index contributed by atoms with van der Waals surface area (Å²) in [6.07, 6.45) is 7.83. The van der Waals surface area contributed by atoms with Crippen molar-refractivity contribution in [1.82, 2.24) is 9.71 Å². The van der Waals surface area contributed by atoms with E-state index in [2.05, 4.69) is 20.0 Å². The third-order valence-electron chi connectivity index (χ3n) is 5.50. The number of pyridine rings is 1. The summed E-state index contributed by atoms with van der Waals surface area (Å²) in [5.74, 6) is 1.50. The Morgan fingerprint density at radius 2 is 1.97 bits per heavy atom. The standard InChI is InChI=1S/C22H26N4O4S/c27-20(12-14-24-21-17-9-4-5-11-19(17)31(28,29)26-21)25-22-18(10-6-13-23-22)30-15-16-7-2-1-3-8-16/h4-6,9-11,13,16H,1-3,7-8,12,14-15H2,(H,24,26)(H,23,25,27). The average molecular weight is 443 g/mol. The maximum absolute atomic E-state index is 12.4. The summed E-state index contributed by atoms with van der Waals surface area (Å²) in [6, 6.07) is 10.2. The van der Waals surface area contributed by atoms with Crippen LogP contribution in [0.1, 0.15) is 44.1 Å². The Morgan fingerprint density at radius 3 is 2.81 bits per heavy atom. The van der Waals surface area contributed by atoms with Gasteiger partial charge in [-0.1, -0.05) is 31.4 Å². The van der Waals surface area contributed by atoms with E-state index in [0.29, 0.717) is 29.7 Å². The van der Waals surface area contributed by atoms with Crippen LogP contribution >= 0.6 is 0 Å². The zero-order valence-corrected chi connectivity index (χ0v) is 18.0. The summed E-state index contributed by atoms with van der Waals surface area (Å²) >= 11 is 0. The van der Waals surface area contributed by atoms with E-state index in [-0.39, 0.29) is 29.6 Å². The Morgan fingerprint density at radius 1 is 1.16 bits per heavy atom. The predicted octanol–water partition coefficient (Wildman–Crippen LogP) is 3.11. The molecule has 0 saturated heterocycles. The van der Waals surface area contributed by atoms with Gasteiger partial charge in [0.05, 0.1) is 18.0 Å². The molecule has 0 atom stereocenters. The van der Waals surface area contributed by atoms with Gasteiger partial charge >= 0.3 is 0 Å². The van der Waals surface area contributed by atoms with Gasteiger partial charge in [0.25, 0.3) is 10.0 Å². The highest BCUT2D eigenvalue weighted by Gasteiger charge is 2.30. The molecular weight excluding hydrogens is 416 g/mol. The Kier molecular flexibility index (Phi) is 6.50. The minimum absolute atomic E-state index is 0.0893. The first kappa shape index (κ1) is 21.3. The third-order valence-corrected chi connectivity index (χ3v) is 6.90. The van der Waals surface area contributed by atoms with Crippen LogP contribution < -0.4 is 14.8 Å². The highest BCUT2D eigenvalue weighted by atomic mass is 32.2. The van der Waals surface area contributed by atoms with Crippen molar-refractivity contribution in [2.75, 3.05) is 18.5 Å². The highest BCUT2D eigenvalue weighted by Crippen LogP contribution is 2.27. The van der Waals surface area contributed by atoms with Crippen molar-refractivity contribution in [3.05, 3.63) is 48.2 Å². The molecule has 2 heterocycles. The lowest BCUT2D eigenvalue weighted by atomic mass is 9.90. The maximum Gasteiger partial charge on any atom is 0.263 e. The Labute approximate surface area is 182 Å². The molecule has 1 saturated carbocycles. The quantitative estimate of drug-likeness (QED) is 0.685. The van der Waals surface area contributed by atoms with Crippen LogP contribution in [0.5, 0.6) is 5.75 Å². The number of sulfonamides is 1. The van der Waals surface area contributed by atoms with Gasteiger partial charge in [0.15, 0.2) is 11.6 Å². The van der Waals surface area contributed by atoms with Crippen LogP contribution in [0.4, 0.5) is 5.82 Å². The number of carbonyl (C=O) groups excluding carboxylic acids is 1. The van der Waals surface area contributed by atoms with Crippen molar-refractivity contribution in [2.45, 2.75) is 43.4 Å². The summed E-state index contributed by atoms with van der Waals surface area (Å²) in [5.41, 5.74) is 0.519. The molecule has 0 radical (unpaired) electrons. The summed E-state index contributed by atoms with van der Waals surface area (Å²) in [7, 11) is -3.58. The number of nitrogens with one attached hydrogen (secondary N) is 2. The zero-order valence-electron chi connectivity index (χ0n) is 17.2. The van der Waals surface area contributed by atoms with Crippen LogP contribution in [0.15, 0.2) is 52.5 Å². The van der Waals surface area contributed by atoms with Crippen molar-refractivity contribution < 1.29 is 17.9 Å². The molecule has 2 aliphatic rings. The number of fused-ring (bicyclic) bond motifs is 1. The van der Waals surface area contributed by atoms with Crippen LogP contribution in [0, 0.1) is 5.92 Å². The number of carbonyl (C=O) groups is 1. The Balaban J connectivity index is 1.33.